The van der Waals surface area contributed by atoms with Crippen molar-refractivity contribution in [3.63, 3.8) is 0 Å². The minimum atomic E-state index is -1.11. The highest BCUT2D eigenvalue weighted by Crippen LogP contribution is 2.31. The Labute approximate surface area is 116 Å². The van der Waals surface area contributed by atoms with Gasteiger partial charge in [-0.15, -0.1) is 0 Å². The van der Waals surface area contributed by atoms with Crippen molar-refractivity contribution in [2.24, 2.45) is 5.73 Å². The molecule has 0 spiro atoms. The van der Waals surface area contributed by atoms with E-state index in [1.165, 1.54) is 6.07 Å². The molecular formula is C13H17N3O4. The number of hydrogen-bond donors (Lipinski definition) is 2. The third kappa shape index (κ3) is 3.05. The van der Waals surface area contributed by atoms with Crippen LogP contribution in [0.5, 0.6) is 0 Å². The predicted octanol–water partition coefficient (Wildman–Crippen LogP) is 1.15. The highest BCUT2D eigenvalue weighted by atomic mass is 16.6. The Hall–Kier alpha value is -2.15. The first kappa shape index (κ1) is 14.3. The fraction of sp³-hybridized carbons (Fsp3) is 0.462. The summed E-state index contributed by atoms with van der Waals surface area (Å²) in [6.07, 6.45) is 2.14. The minimum absolute atomic E-state index is 0.0157. The molecule has 20 heavy (non-hydrogen) atoms. The second kappa shape index (κ2) is 5.87. The molecule has 1 aliphatic rings. The lowest BCUT2D eigenvalue weighted by molar-refractivity contribution is -0.384. The van der Waals surface area contributed by atoms with E-state index in [4.69, 9.17) is 10.8 Å². The van der Waals surface area contributed by atoms with Crippen LogP contribution in [-0.4, -0.2) is 35.1 Å². The van der Waals surface area contributed by atoms with E-state index in [2.05, 4.69) is 0 Å². The van der Waals surface area contributed by atoms with Crippen LogP contribution in [0.4, 0.5) is 11.4 Å². The Morgan fingerprint density at radius 1 is 1.45 bits per heavy atom. The van der Waals surface area contributed by atoms with Gasteiger partial charge in [0.15, 0.2) is 0 Å². The Morgan fingerprint density at radius 2 is 2.10 bits per heavy atom. The zero-order valence-corrected chi connectivity index (χ0v) is 11.0. The maximum Gasteiger partial charge on any atom is 0.320 e. The molecule has 108 valence electrons. The molecule has 1 aromatic rings. The summed E-state index contributed by atoms with van der Waals surface area (Å²) in [6, 6.07) is 3.78. The number of carboxylic acid groups (broad SMARTS) is 1. The number of benzene rings is 1. The maximum absolute atomic E-state index is 11.2. The molecule has 0 bridgehead atoms. The lowest BCUT2D eigenvalue weighted by Gasteiger charge is -2.18. The standard InChI is InChI=1S/C13H17N3O4/c14-10(13(17)18)7-9-3-4-11(12(8-9)16(19)20)15-5-1-2-6-15/h3-4,8,10H,1-2,5-7,14H2,(H,17,18). The average molecular weight is 279 g/mol. The van der Waals surface area contributed by atoms with Gasteiger partial charge in [-0.25, -0.2) is 0 Å². The van der Waals surface area contributed by atoms with Crippen LogP contribution in [0.3, 0.4) is 0 Å². The van der Waals surface area contributed by atoms with Gasteiger partial charge in [0.2, 0.25) is 0 Å². The SMILES string of the molecule is NC(Cc1ccc(N2CCCC2)c([N+](=O)[O-])c1)C(=O)O. The largest absolute Gasteiger partial charge is 0.480 e. The number of anilines is 1. The van der Waals surface area contributed by atoms with Crippen LogP contribution in [0.25, 0.3) is 0 Å². The van der Waals surface area contributed by atoms with Gasteiger partial charge < -0.3 is 15.7 Å². The molecule has 1 saturated heterocycles. The second-order valence-electron chi connectivity index (χ2n) is 4.92. The van der Waals surface area contributed by atoms with Crippen molar-refractivity contribution in [1.82, 2.24) is 0 Å². The van der Waals surface area contributed by atoms with E-state index in [9.17, 15) is 14.9 Å². The summed E-state index contributed by atoms with van der Waals surface area (Å²) in [4.78, 5) is 23.5. The van der Waals surface area contributed by atoms with Crippen molar-refractivity contribution in [3.8, 4) is 0 Å². The van der Waals surface area contributed by atoms with Crippen LogP contribution in [0.1, 0.15) is 18.4 Å². The number of rotatable bonds is 5. The Kier molecular flexibility index (Phi) is 4.19. The maximum atomic E-state index is 11.2. The number of carboxylic acids is 1. The van der Waals surface area contributed by atoms with Gasteiger partial charge in [-0.2, -0.15) is 0 Å². The molecular weight excluding hydrogens is 262 g/mol. The molecule has 0 amide bonds. The normalized spacial score (nSPS) is 16.1. The Balaban J connectivity index is 2.27. The first-order chi connectivity index (χ1) is 9.49. The molecule has 1 aromatic carbocycles. The van der Waals surface area contributed by atoms with E-state index in [0.717, 1.165) is 25.9 Å². The molecule has 1 atom stereocenters. The van der Waals surface area contributed by atoms with E-state index in [1.807, 2.05) is 4.90 Å². The third-order valence-electron chi connectivity index (χ3n) is 3.46. The van der Waals surface area contributed by atoms with Gasteiger partial charge in [0.05, 0.1) is 4.92 Å². The van der Waals surface area contributed by atoms with Crippen LogP contribution < -0.4 is 10.6 Å². The molecule has 3 N–H and O–H groups in total. The minimum Gasteiger partial charge on any atom is -0.480 e. The molecule has 7 nitrogen and oxygen atoms in total. The predicted molar refractivity (Wildman–Crippen MR) is 73.9 cm³/mol. The highest BCUT2D eigenvalue weighted by Gasteiger charge is 2.23. The van der Waals surface area contributed by atoms with Crippen LogP contribution in [0, 0.1) is 10.1 Å². The van der Waals surface area contributed by atoms with E-state index < -0.39 is 16.9 Å². The van der Waals surface area contributed by atoms with E-state index in [0.29, 0.717) is 11.3 Å². The lowest BCUT2D eigenvalue weighted by atomic mass is 10.0. The number of nitrogens with two attached hydrogens (primary N) is 1. The van der Waals surface area contributed by atoms with Crippen LogP contribution in [0.2, 0.25) is 0 Å². The topological polar surface area (TPSA) is 110 Å². The summed E-state index contributed by atoms with van der Waals surface area (Å²) in [7, 11) is 0. The zero-order chi connectivity index (χ0) is 14.7. The summed E-state index contributed by atoms with van der Waals surface area (Å²) >= 11 is 0. The number of hydrogen-bond acceptors (Lipinski definition) is 5. The number of nitrogens with zero attached hydrogens (tertiary/aromatic N) is 2. The lowest BCUT2D eigenvalue weighted by Crippen LogP contribution is -2.32. The molecule has 2 rings (SSSR count). The van der Waals surface area contributed by atoms with Gasteiger partial charge in [0.1, 0.15) is 11.7 Å². The summed E-state index contributed by atoms with van der Waals surface area (Å²) in [5.74, 6) is -1.11. The quantitative estimate of drug-likeness (QED) is 0.618. The smallest absolute Gasteiger partial charge is 0.320 e. The molecule has 1 aliphatic heterocycles. The summed E-state index contributed by atoms with van der Waals surface area (Å²) in [5, 5.41) is 20.0. The van der Waals surface area contributed by atoms with Crippen molar-refractivity contribution in [1.29, 1.82) is 0 Å². The van der Waals surface area contributed by atoms with Gasteiger partial charge in [-0.3, -0.25) is 14.9 Å². The van der Waals surface area contributed by atoms with E-state index >= 15 is 0 Å². The van der Waals surface area contributed by atoms with Crippen molar-refractivity contribution in [3.05, 3.63) is 33.9 Å². The van der Waals surface area contributed by atoms with Gasteiger partial charge in [0, 0.05) is 19.2 Å². The van der Waals surface area contributed by atoms with E-state index in [-0.39, 0.29) is 12.1 Å². The van der Waals surface area contributed by atoms with Gasteiger partial charge in [-0.05, 0) is 30.9 Å². The fourth-order valence-corrected chi connectivity index (χ4v) is 2.41. The molecule has 0 aromatic heterocycles. The summed E-state index contributed by atoms with van der Waals surface area (Å²) in [6.45, 7) is 1.63. The number of carbonyl (C=O) groups is 1. The first-order valence-corrected chi connectivity index (χ1v) is 6.49. The van der Waals surface area contributed by atoms with Crippen LogP contribution >= 0.6 is 0 Å². The first-order valence-electron chi connectivity index (χ1n) is 6.49. The molecule has 0 saturated carbocycles. The molecule has 0 radical (unpaired) electrons. The summed E-state index contributed by atoms with van der Waals surface area (Å²) < 4.78 is 0. The summed E-state index contributed by atoms with van der Waals surface area (Å²) in [5.41, 5.74) is 6.63. The average Bonchev–Trinajstić information content (AvgIpc) is 2.92. The van der Waals surface area contributed by atoms with Crippen molar-refractivity contribution in [2.45, 2.75) is 25.3 Å². The fourth-order valence-electron chi connectivity index (χ4n) is 2.41. The van der Waals surface area contributed by atoms with Gasteiger partial charge >= 0.3 is 5.97 Å². The van der Waals surface area contributed by atoms with Crippen molar-refractivity contribution >= 4 is 17.3 Å². The molecule has 1 fully saturated rings. The second-order valence-corrected chi connectivity index (χ2v) is 4.92. The van der Waals surface area contributed by atoms with Crippen LogP contribution in [-0.2, 0) is 11.2 Å². The molecule has 0 aliphatic carbocycles. The van der Waals surface area contributed by atoms with E-state index in [1.54, 1.807) is 12.1 Å². The van der Waals surface area contributed by atoms with Gasteiger partial charge in [0.25, 0.3) is 5.69 Å². The van der Waals surface area contributed by atoms with Gasteiger partial charge in [-0.1, -0.05) is 6.07 Å². The van der Waals surface area contributed by atoms with Crippen molar-refractivity contribution in [2.75, 3.05) is 18.0 Å². The zero-order valence-electron chi connectivity index (χ0n) is 11.0. The molecule has 1 heterocycles. The van der Waals surface area contributed by atoms with Crippen LogP contribution in [0.15, 0.2) is 18.2 Å². The Bertz CT molecular complexity index is 526. The van der Waals surface area contributed by atoms with Crippen molar-refractivity contribution < 1.29 is 14.8 Å². The Morgan fingerprint density at radius 3 is 2.65 bits per heavy atom. The number of nitro groups is 1. The highest BCUT2D eigenvalue weighted by molar-refractivity contribution is 5.74. The number of nitro benzene ring substituents is 1. The monoisotopic (exact) mass is 279 g/mol. The number of aliphatic carboxylic acids is 1. The molecule has 7 heteroatoms. The third-order valence-corrected chi connectivity index (χ3v) is 3.46. The molecule has 1 unspecified atom stereocenters.